The lowest BCUT2D eigenvalue weighted by molar-refractivity contribution is 0.311. The van der Waals surface area contributed by atoms with Crippen molar-refractivity contribution in [3.63, 3.8) is 0 Å². The first-order valence-electron chi connectivity index (χ1n) is 6.54. The summed E-state index contributed by atoms with van der Waals surface area (Å²) in [5.74, 6) is 1.77. The third-order valence-electron chi connectivity index (χ3n) is 2.72. The molecule has 0 aliphatic carbocycles. The zero-order valence-electron chi connectivity index (χ0n) is 11.7. The Morgan fingerprint density at radius 3 is 2.65 bits per heavy atom. The van der Waals surface area contributed by atoms with Crippen molar-refractivity contribution in [2.75, 3.05) is 18.5 Å². The van der Waals surface area contributed by atoms with Crippen LogP contribution in [0.4, 0.5) is 0 Å². The molecule has 20 heavy (non-hydrogen) atoms. The maximum Gasteiger partial charge on any atom is 0.125 e. The number of rotatable bonds is 8. The van der Waals surface area contributed by atoms with Crippen molar-refractivity contribution in [1.82, 2.24) is 0 Å². The number of halogens is 3. The van der Waals surface area contributed by atoms with E-state index in [0.717, 1.165) is 40.8 Å². The Kier molecular flexibility index (Phi) is 8.43. The van der Waals surface area contributed by atoms with Crippen molar-refractivity contribution < 1.29 is 9.47 Å². The van der Waals surface area contributed by atoms with Gasteiger partial charge in [-0.3, -0.25) is 0 Å². The van der Waals surface area contributed by atoms with E-state index in [1.807, 2.05) is 19.1 Å². The van der Waals surface area contributed by atoms with Crippen molar-refractivity contribution in [3.05, 3.63) is 33.8 Å². The molecular weight excluding hydrogens is 363 g/mol. The largest absolute Gasteiger partial charge is 0.493 e. The Morgan fingerprint density at radius 1 is 1.30 bits per heavy atom. The summed E-state index contributed by atoms with van der Waals surface area (Å²) in [6.45, 7) is 5.20. The molecule has 0 aliphatic heterocycles. The molecule has 1 aromatic carbocycles. The second-order valence-electron chi connectivity index (χ2n) is 4.28. The van der Waals surface area contributed by atoms with Crippen LogP contribution in [0.5, 0.6) is 11.5 Å². The van der Waals surface area contributed by atoms with Gasteiger partial charge in [-0.1, -0.05) is 46.1 Å². The molecule has 0 atom stereocenters. The van der Waals surface area contributed by atoms with E-state index >= 15 is 0 Å². The summed E-state index contributed by atoms with van der Waals surface area (Å²) >= 11 is 14.5. The third-order valence-corrected chi connectivity index (χ3v) is 3.59. The topological polar surface area (TPSA) is 18.5 Å². The number of aryl methyl sites for hydroxylation is 2. The zero-order chi connectivity index (χ0) is 15.0. The zero-order valence-corrected chi connectivity index (χ0v) is 14.8. The lowest BCUT2D eigenvalue weighted by atomic mass is 10.1. The van der Waals surface area contributed by atoms with E-state index in [1.54, 1.807) is 6.08 Å². The Hall–Kier alpha value is -0.380. The van der Waals surface area contributed by atoms with Crippen LogP contribution in [-0.4, -0.2) is 18.5 Å². The minimum atomic E-state index is 0.215. The molecule has 0 aromatic heterocycles. The molecule has 0 heterocycles. The van der Waals surface area contributed by atoms with Crippen molar-refractivity contribution >= 4 is 39.1 Å². The van der Waals surface area contributed by atoms with E-state index in [4.69, 9.17) is 32.7 Å². The molecule has 0 bridgehead atoms. The smallest absolute Gasteiger partial charge is 0.125 e. The van der Waals surface area contributed by atoms with E-state index in [-0.39, 0.29) is 4.49 Å². The van der Waals surface area contributed by atoms with Crippen LogP contribution in [0.2, 0.25) is 0 Å². The van der Waals surface area contributed by atoms with E-state index in [2.05, 4.69) is 22.9 Å². The maximum absolute atomic E-state index is 5.86. The Labute approximate surface area is 139 Å². The van der Waals surface area contributed by atoms with Gasteiger partial charge in [-0.2, -0.15) is 0 Å². The molecule has 2 nitrogen and oxygen atoms in total. The fraction of sp³-hybridized carbons (Fsp3) is 0.467. The van der Waals surface area contributed by atoms with Gasteiger partial charge >= 0.3 is 0 Å². The molecule has 0 saturated carbocycles. The normalized spacial score (nSPS) is 10.2. The monoisotopic (exact) mass is 380 g/mol. The Balaban J connectivity index is 2.81. The summed E-state index contributed by atoms with van der Waals surface area (Å²) < 4.78 is 11.7. The molecule has 0 saturated heterocycles. The molecule has 5 heteroatoms. The maximum atomic E-state index is 5.86. The highest BCUT2D eigenvalue weighted by atomic mass is 79.9. The van der Waals surface area contributed by atoms with E-state index in [9.17, 15) is 0 Å². The first-order chi connectivity index (χ1) is 9.58. The molecule has 0 unspecified atom stereocenters. The molecular formula is C15H19BrCl2O2. The van der Waals surface area contributed by atoms with E-state index < -0.39 is 0 Å². The van der Waals surface area contributed by atoms with Gasteiger partial charge in [0.2, 0.25) is 0 Å². The molecule has 0 fully saturated rings. The molecule has 0 N–H and O–H groups in total. The van der Waals surface area contributed by atoms with Crippen molar-refractivity contribution in [2.45, 2.75) is 26.7 Å². The number of hydrogen-bond acceptors (Lipinski definition) is 2. The summed E-state index contributed by atoms with van der Waals surface area (Å²) in [5, 5.41) is 0.945. The third kappa shape index (κ3) is 5.94. The highest BCUT2D eigenvalue weighted by molar-refractivity contribution is 9.09. The SMILES string of the molecule is CCc1cc(OCC=C(Cl)Cl)cc(C)c1OCCCBr. The minimum Gasteiger partial charge on any atom is -0.493 e. The lowest BCUT2D eigenvalue weighted by Crippen LogP contribution is -2.03. The second-order valence-corrected chi connectivity index (χ2v) is 6.08. The van der Waals surface area contributed by atoms with Gasteiger partial charge in [0, 0.05) is 5.33 Å². The van der Waals surface area contributed by atoms with Crippen LogP contribution in [0.3, 0.4) is 0 Å². The van der Waals surface area contributed by atoms with Gasteiger partial charge in [0.25, 0.3) is 0 Å². The number of benzene rings is 1. The quantitative estimate of drug-likeness (QED) is 0.442. The minimum absolute atomic E-state index is 0.215. The molecule has 112 valence electrons. The second kappa shape index (κ2) is 9.54. The molecule has 0 amide bonds. The van der Waals surface area contributed by atoms with Gasteiger partial charge in [-0.25, -0.2) is 0 Å². The van der Waals surface area contributed by atoms with Gasteiger partial charge < -0.3 is 9.47 Å². The first-order valence-corrected chi connectivity index (χ1v) is 8.42. The lowest BCUT2D eigenvalue weighted by Gasteiger charge is -2.15. The summed E-state index contributed by atoms with van der Waals surface area (Å²) in [6.07, 6.45) is 3.50. The van der Waals surface area contributed by atoms with Crippen LogP contribution in [0.1, 0.15) is 24.5 Å². The fourth-order valence-electron chi connectivity index (χ4n) is 1.79. The van der Waals surface area contributed by atoms with Crippen LogP contribution in [-0.2, 0) is 6.42 Å². The summed E-state index contributed by atoms with van der Waals surface area (Å²) in [6, 6.07) is 3.98. The Morgan fingerprint density at radius 2 is 2.05 bits per heavy atom. The fourth-order valence-corrected chi connectivity index (χ4v) is 2.15. The van der Waals surface area contributed by atoms with Crippen LogP contribution in [0.15, 0.2) is 22.7 Å². The predicted molar refractivity (Wildman–Crippen MR) is 89.7 cm³/mol. The van der Waals surface area contributed by atoms with Crippen molar-refractivity contribution in [2.24, 2.45) is 0 Å². The molecule has 0 radical (unpaired) electrons. The van der Waals surface area contributed by atoms with Gasteiger partial charge in [0.05, 0.1) is 6.61 Å². The predicted octanol–water partition coefficient (Wildman–Crippen LogP) is 5.42. The van der Waals surface area contributed by atoms with Gasteiger partial charge in [-0.05, 0) is 49.1 Å². The molecule has 0 spiro atoms. The average Bonchev–Trinajstić information content (AvgIpc) is 2.40. The van der Waals surface area contributed by atoms with Crippen molar-refractivity contribution in [3.8, 4) is 11.5 Å². The van der Waals surface area contributed by atoms with Crippen LogP contribution in [0, 0.1) is 6.92 Å². The number of alkyl halides is 1. The molecule has 1 aromatic rings. The van der Waals surface area contributed by atoms with Crippen LogP contribution in [0.25, 0.3) is 0 Å². The number of ether oxygens (including phenoxy) is 2. The Bertz CT molecular complexity index is 457. The molecule has 1 rings (SSSR count). The first kappa shape index (κ1) is 17.7. The average molecular weight is 382 g/mol. The standard InChI is InChI=1S/C15H19BrCl2O2/c1-3-12-10-13(19-8-5-14(17)18)9-11(2)15(12)20-7-4-6-16/h5,9-10H,3-4,6-8H2,1-2H3. The van der Waals surface area contributed by atoms with Crippen LogP contribution < -0.4 is 9.47 Å². The van der Waals surface area contributed by atoms with Gasteiger partial charge in [0.1, 0.15) is 22.6 Å². The van der Waals surface area contributed by atoms with Gasteiger partial charge in [-0.15, -0.1) is 0 Å². The number of hydrogen-bond donors (Lipinski definition) is 0. The van der Waals surface area contributed by atoms with Crippen molar-refractivity contribution in [1.29, 1.82) is 0 Å². The van der Waals surface area contributed by atoms with E-state index in [0.29, 0.717) is 13.2 Å². The van der Waals surface area contributed by atoms with E-state index in [1.165, 1.54) is 0 Å². The molecule has 0 aliphatic rings. The van der Waals surface area contributed by atoms with Gasteiger partial charge in [0.15, 0.2) is 0 Å². The van der Waals surface area contributed by atoms with Crippen LogP contribution >= 0.6 is 39.1 Å². The summed E-state index contributed by atoms with van der Waals surface area (Å²) in [5.41, 5.74) is 2.23. The summed E-state index contributed by atoms with van der Waals surface area (Å²) in [7, 11) is 0. The highest BCUT2D eigenvalue weighted by Crippen LogP contribution is 2.30. The summed E-state index contributed by atoms with van der Waals surface area (Å²) in [4.78, 5) is 0. The highest BCUT2D eigenvalue weighted by Gasteiger charge is 2.09.